The standard InChI is InChI=1S/C16H23N3O2S/c1-15-5-7-16(8-6-15)22(20,21)19(12-4-9-17)14-13-18-10-2-3-11-18/h5-8H,2-4,10-14H2,1H3/p+1. The van der Waals surface area contributed by atoms with Gasteiger partial charge in [-0.15, -0.1) is 0 Å². The topological polar surface area (TPSA) is 65.6 Å². The van der Waals surface area contributed by atoms with Gasteiger partial charge in [0.15, 0.2) is 0 Å². The second-order valence-corrected chi connectivity index (χ2v) is 7.77. The predicted molar refractivity (Wildman–Crippen MR) is 85.0 cm³/mol. The van der Waals surface area contributed by atoms with E-state index in [0.29, 0.717) is 11.4 Å². The maximum Gasteiger partial charge on any atom is 0.243 e. The van der Waals surface area contributed by atoms with E-state index in [0.717, 1.165) is 25.2 Å². The minimum Gasteiger partial charge on any atom is -0.334 e. The number of benzene rings is 1. The number of likely N-dealkylation sites (tertiary alicyclic amines) is 1. The van der Waals surface area contributed by atoms with Crippen molar-refractivity contribution in [3.05, 3.63) is 29.8 Å². The Labute approximate surface area is 133 Å². The minimum absolute atomic E-state index is 0.223. The third kappa shape index (κ3) is 4.29. The number of hydrogen-bond acceptors (Lipinski definition) is 3. The van der Waals surface area contributed by atoms with Crippen molar-refractivity contribution < 1.29 is 13.3 Å². The Morgan fingerprint density at radius 3 is 2.41 bits per heavy atom. The molecule has 5 nitrogen and oxygen atoms in total. The van der Waals surface area contributed by atoms with E-state index in [1.165, 1.54) is 22.0 Å². The number of sulfonamides is 1. The molecule has 0 amide bonds. The van der Waals surface area contributed by atoms with Gasteiger partial charge in [0.25, 0.3) is 0 Å². The maximum absolute atomic E-state index is 12.8. The third-order valence-corrected chi connectivity index (χ3v) is 6.07. The molecule has 1 heterocycles. The Morgan fingerprint density at radius 1 is 1.18 bits per heavy atom. The zero-order valence-corrected chi connectivity index (χ0v) is 13.9. The first-order valence-electron chi connectivity index (χ1n) is 7.81. The van der Waals surface area contributed by atoms with E-state index in [4.69, 9.17) is 5.26 Å². The van der Waals surface area contributed by atoms with Crippen LogP contribution in [-0.4, -0.2) is 45.4 Å². The molecule has 1 aromatic carbocycles. The minimum atomic E-state index is -3.51. The summed E-state index contributed by atoms with van der Waals surface area (Å²) in [5.41, 5.74) is 1.03. The van der Waals surface area contributed by atoms with Crippen LogP contribution in [0.3, 0.4) is 0 Å². The molecule has 1 aliphatic rings. The van der Waals surface area contributed by atoms with Crippen molar-refractivity contribution in [2.24, 2.45) is 0 Å². The van der Waals surface area contributed by atoms with Crippen LogP contribution < -0.4 is 4.90 Å². The van der Waals surface area contributed by atoms with Crippen LogP contribution in [0.4, 0.5) is 0 Å². The highest BCUT2D eigenvalue weighted by Gasteiger charge is 2.26. The lowest BCUT2D eigenvalue weighted by Gasteiger charge is -2.23. The molecule has 1 aliphatic heterocycles. The number of nitriles is 1. The van der Waals surface area contributed by atoms with Crippen LogP contribution in [0.1, 0.15) is 24.8 Å². The Kier molecular flexibility index (Phi) is 5.95. The zero-order chi connectivity index (χ0) is 16.0. The summed E-state index contributed by atoms with van der Waals surface area (Å²) in [7, 11) is -3.51. The predicted octanol–water partition coefficient (Wildman–Crippen LogP) is 0.578. The molecule has 1 aromatic rings. The number of nitrogens with zero attached hydrogens (tertiary/aromatic N) is 2. The summed E-state index contributed by atoms with van der Waals surface area (Å²) in [5, 5.41) is 8.79. The lowest BCUT2D eigenvalue weighted by molar-refractivity contribution is -0.886. The molecular formula is C16H24N3O2S+. The summed E-state index contributed by atoms with van der Waals surface area (Å²) in [6.45, 7) is 5.73. The van der Waals surface area contributed by atoms with E-state index in [2.05, 4.69) is 0 Å². The van der Waals surface area contributed by atoms with Crippen LogP contribution in [-0.2, 0) is 10.0 Å². The molecule has 1 N–H and O–H groups in total. The maximum atomic E-state index is 12.8. The van der Waals surface area contributed by atoms with E-state index in [1.807, 2.05) is 13.0 Å². The Morgan fingerprint density at radius 2 is 1.82 bits per heavy atom. The molecule has 6 heteroatoms. The fraction of sp³-hybridized carbons (Fsp3) is 0.562. The van der Waals surface area contributed by atoms with Gasteiger partial charge in [-0.05, 0) is 19.1 Å². The van der Waals surface area contributed by atoms with Gasteiger partial charge in [0.05, 0.1) is 37.1 Å². The average Bonchev–Trinajstić information content (AvgIpc) is 3.01. The zero-order valence-electron chi connectivity index (χ0n) is 13.1. The van der Waals surface area contributed by atoms with Crippen LogP contribution in [0.25, 0.3) is 0 Å². The quantitative estimate of drug-likeness (QED) is 0.798. The van der Waals surface area contributed by atoms with E-state index in [9.17, 15) is 8.42 Å². The highest BCUT2D eigenvalue weighted by atomic mass is 32.2. The van der Waals surface area contributed by atoms with Gasteiger partial charge in [0.1, 0.15) is 0 Å². The van der Waals surface area contributed by atoms with Gasteiger partial charge in [-0.2, -0.15) is 9.57 Å². The third-order valence-electron chi connectivity index (χ3n) is 4.16. The Bertz CT molecular complexity index is 614. The van der Waals surface area contributed by atoms with Crippen LogP contribution in [0.15, 0.2) is 29.2 Å². The van der Waals surface area contributed by atoms with E-state index >= 15 is 0 Å². The molecule has 0 bridgehead atoms. The van der Waals surface area contributed by atoms with E-state index in [-0.39, 0.29) is 13.0 Å². The largest absolute Gasteiger partial charge is 0.334 e. The molecule has 1 saturated heterocycles. The van der Waals surface area contributed by atoms with Crippen molar-refractivity contribution in [2.45, 2.75) is 31.1 Å². The summed E-state index contributed by atoms with van der Waals surface area (Å²) >= 11 is 0. The molecule has 0 aliphatic carbocycles. The molecular weight excluding hydrogens is 298 g/mol. The first kappa shape index (κ1) is 16.9. The SMILES string of the molecule is Cc1ccc(S(=O)(=O)N(CCC#N)CC[NH+]2CCCC2)cc1. The fourth-order valence-electron chi connectivity index (χ4n) is 2.79. The number of quaternary nitrogens is 1. The van der Waals surface area contributed by atoms with Gasteiger partial charge in [-0.3, -0.25) is 0 Å². The van der Waals surface area contributed by atoms with Gasteiger partial charge in [0, 0.05) is 25.8 Å². The second kappa shape index (κ2) is 7.73. The second-order valence-electron chi connectivity index (χ2n) is 5.83. The average molecular weight is 322 g/mol. The number of hydrogen-bond donors (Lipinski definition) is 1. The van der Waals surface area contributed by atoms with Gasteiger partial charge < -0.3 is 4.90 Å². The molecule has 0 aromatic heterocycles. The summed E-state index contributed by atoms with van der Waals surface area (Å²) < 4.78 is 27.0. The molecule has 1 fully saturated rings. The van der Waals surface area contributed by atoms with Gasteiger partial charge in [-0.1, -0.05) is 17.7 Å². The van der Waals surface area contributed by atoms with Crippen LogP contribution in [0.2, 0.25) is 0 Å². The highest BCUT2D eigenvalue weighted by molar-refractivity contribution is 7.89. The Balaban J connectivity index is 2.11. The van der Waals surface area contributed by atoms with Crippen LogP contribution in [0.5, 0.6) is 0 Å². The van der Waals surface area contributed by atoms with Gasteiger partial charge in [0.2, 0.25) is 10.0 Å². The smallest absolute Gasteiger partial charge is 0.243 e. The van der Waals surface area contributed by atoms with Crippen molar-refractivity contribution in [3.8, 4) is 6.07 Å². The number of aryl methyl sites for hydroxylation is 1. The summed E-state index contributed by atoms with van der Waals surface area (Å²) in [6.07, 6.45) is 2.66. The van der Waals surface area contributed by atoms with Crippen LogP contribution in [0, 0.1) is 18.3 Å². The lowest BCUT2D eigenvalue weighted by Crippen LogP contribution is -3.10. The normalized spacial score (nSPS) is 16.0. The van der Waals surface area contributed by atoms with Crippen molar-refractivity contribution in [1.29, 1.82) is 5.26 Å². The van der Waals surface area contributed by atoms with Gasteiger partial charge >= 0.3 is 0 Å². The molecule has 0 radical (unpaired) electrons. The summed E-state index contributed by atoms with van der Waals surface area (Å²) in [5.74, 6) is 0. The first-order chi connectivity index (χ1) is 10.5. The monoisotopic (exact) mass is 322 g/mol. The van der Waals surface area contributed by atoms with E-state index < -0.39 is 10.0 Å². The molecule has 0 atom stereocenters. The highest BCUT2D eigenvalue weighted by Crippen LogP contribution is 2.16. The number of rotatable bonds is 7. The van der Waals surface area contributed by atoms with Crippen molar-refractivity contribution in [3.63, 3.8) is 0 Å². The molecule has 120 valence electrons. The fourth-order valence-corrected chi connectivity index (χ4v) is 4.24. The molecule has 0 spiro atoms. The molecule has 2 rings (SSSR count). The first-order valence-corrected chi connectivity index (χ1v) is 9.25. The lowest BCUT2D eigenvalue weighted by atomic mass is 10.2. The van der Waals surface area contributed by atoms with Crippen LogP contribution >= 0.6 is 0 Å². The Hall–Kier alpha value is -1.42. The summed E-state index contributed by atoms with van der Waals surface area (Å²) in [4.78, 5) is 1.77. The van der Waals surface area contributed by atoms with Crippen molar-refractivity contribution in [1.82, 2.24) is 4.31 Å². The number of nitrogens with one attached hydrogen (secondary N) is 1. The van der Waals surface area contributed by atoms with E-state index in [1.54, 1.807) is 24.3 Å². The molecule has 0 unspecified atom stereocenters. The van der Waals surface area contributed by atoms with Crippen molar-refractivity contribution in [2.75, 3.05) is 32.7 Å². The van der Waals surface area contributed by atoms with Crippen molar-refractivity contribution >= 4 is 10.0 Å². The molecule has 0 saturated carbocycles. The van der Waals surface area contributed by atoms with Gasteiger partial charge in [-0.25, -0.2) is 8.42 Å². The molecule has 22 heavy (non-hydrogen) atoms. The summed E-state index contributed by atoms with van der Waals surface area (Å²) in [6, 6.07) is 8.95.